The summed E-state index contributed by atoms with van der Waals surface area (Å²) in [5, 5.41) is 13.9. The molecule has 2 N–H and O–H groups in total. The number of aryl methyl sites for hydroxylation is 2. The number of nitrogens with one attached hydrogen (secondary N) is 2. The first kappa shape index (κ1) is 13.3. The molecule has 1 aliphatic rings. The number of aromatic nitrogens is 5. The minimum absolute atomic E-state index is 0.0115. The van der Waals surface area contributed by atoms with E-state index in [1.807, 2.05) is 19.3 Å². The van der Waals surface area contributed by atoms with Crippen molar-refractivity contribution in [3.8, 4) is 0 Å². The van der Waals surface area contributed by atoms with Gasteiger partial charge in [-0.25, -0.2) is 4.98 Å². The van der Waals surface area contributed by atoms with Crippen LogP contribution in [-0.2, 0) is 11.2 Å². The van der Waals surface area contributed by atoms with Gasteiger partial charge in [0.1, 0.15) is 11.9 Å². The summed E-state index contributed by atoms with van der Waals surface area (Å²) in [6, 6.07) is 0. The average molecular weight is 276 g/mol. The maximum absolute atomic E-state index is 5.76. The topological polar surface area (TPSA) is 82.7 Å². The van der Waals surface area contributed by atoms with Crippen LogP contribution in [0, 0.1) is 6.92 Å². The van der Waals surface area contributed by atoms with Crippen LogP contribution in [0.25, 0.3) is 0 Å². The second kappa shape index (κ2) is 6.15. The lowest BCUT2D eigenvalue weighted by molar-refractivity contribution is -0.0343. The van der Waals surface area contributed by atoms with Crippen LogP contribution in [0.3, 0.4) is 0 Å². The molecule has 0 radical (unpaired) electrons. The molecule has 2 aromatic rings. The van der Waals surface area contributed by atoms with Gasteiger partial charge in [0.05, 0.1) is 12.8 Å². The van der Waals surface area contributed by atoms with Crippen molar-refractivity contribution in [2.75, 3.05) is 26.2 Å². The van der Waals surface area contributed by atoms with Crippen LogP contribution >= 0.6 is 0 Å². The fraction of sp³-hybridized carbons (Fsp3) is 0.615. The molecule has 0 aromatic carbocycles. The van der Waals surface area contributed by atoms with E-state index in [9.17, 15) is 0 Å². The molecule has 0 aliphatic carbocycles. The number of morpholine rings is 1. The molecule has 1 aliphatic heterocycles. The van der Waals surface area contributed by atoms with Crippen LogP contribution in [0.5, 0.6) is 0 Å². The van der Waals surface area contributed by atoms with Gasteiger partial charge in [-0.3, -0.25) is 15.1 Å². The Labute approximate surface area is 117 Å². The van der Waals surface area contributed by atoms with Crippen molar-refractivity contribution in [1.29, 1.82) is 0 Å². The first-order valence-corrected chi connectivity index (χ1v) is 7.02. The predicted octanol–water partition coefficient (Wildman–Crippen LogP) is 0.842. The van der Waals surface area contributed by atoms with Crippen molar-refractivity contribution >= 4 is 0 Å². The highest BCUT2D eigenvalue weighted by atomic mass is 16.5. The molecule has 2 aromatic heterocycles. The van der Waals surface area contributed by atoms with Gasteiger partial charge in [-0.05, 0) is 31.9 Å². The molecule has 0 amide bonds. The summed E-state index contributed by atoms with van der Waals surface area (Å²) in [6.45, 7) is 5.55. The van der Waals surface area contributed by atoms with Gasteiger partial charge in [-0.15, -0.1) is 0 Å². The van der Waals surface area contributed by atoms with Crippen LogP contribution in [0.2, 0.25) is 0 Å². The largest absolute Gasteiger partial charge is 0.367 e. The smallest absolute Gasteiger partial charge is 0.180 e. The number of ether oxygens (including phenoxy) is 1. The number of rotatable bonds is 5. The van der Waals surface area contributed by atoms with E-state index < -0.39 is 0 Å². The van der Waals surface area contributed by atoms with Crippen molar-refractivity contribution in [2.45, 2.75) is 25.9 Å². The van der Waals surface area contributed by atoms with Crippen molar-refractivity contribution in [3.05, 3.63) is 29.6 Å². The van der Waals surface area contributed by atoms with Gasteiger partial charge in [0.25, 0.3) is 0 Å². The van der Waals surface area contributed by atoms with E-state index in [0.717, 1.165) is 50.7 Å². The zero-order chi connectivity index (χ0) is 13.8. The van der Waals surface area contributed by atoms with Gasteiger partial charge in [0.2, 0.25) is 0 Å². The fourth-order valence-electron chi connectivity index (χ4n) is 2.49. The molecule has 7 heteroatoms. The highest BCUT2D eigenvalue weighted by Gasteiger charge is 2.24. The number of hydrogen-bond acceptors (Lipinski definition) is 5. The molecular weight excluding hydrogens is 256 g/mol. The van der Waals surface area contributed by atoms with Crippen LogP contribution in [-0.4, -0.2) is 56.5 Å². The van der Waals surface area contributed by atoms with Crippen molar-refractivity contribution in [3.63, 3.8) is 0 Å². The lowest BCUT2D eigenvalue weighted by atomic mass is 10.2. The van der Waals surface area contributed by atoms with Crippen molar-refractivity contribution in [1.82, 2.24) is 30.3 Å². The average Bonchev–Trinajstić information content (AvgIpc) is 3.11. The second-order valence-electron chi connectivity index (χ2n) is 5.15. The van der Waals surface area contributed by atoms with Crippen LogP contribution < -0.4 is 0 Å². The summed E-state index contributed by atoms with van der Waals surface area (Å²) < 4.78 is 5.76. The van der Waals surface area contributed by atoms with E-state index in [-0.39, 0.29) is 6.10 Å². The highest BCUT2D eigenvalue weighted by molar-refractivity contribution is 5.02. The Balaban J connectivity index is 1.48. The second-order valence-corrected chi connectivity index (χ2v) is 5.15. The molecular formula is C13H20N6O. The number of H-pyrrole nitrogens is 2. The molecule has 1 atom stereocenters. The molecule has 3 rings (SSSR count). The quantitative estimate of drug-likeness (QED) is 0.845. The summed E-state index contributed by atoms with van der Waals surface area (Å²) >= 11 is 0. The van der Waals surface area contributed by atoms with Crippen LogP contribution in [0.4, 0.5) is 0 Å². The molecule has 20 heavy (non-hydrogen) atoms. The molecule has 1 fully saturated rings. The van der Waals surface area contributed by atoms with E-state index in [0.29, 0.717) is 0 Å². The summed E-state index contributed by atoms with van der Waals surface area (Å²) in [4.78, 5) is 6.78. The number of nitrogens with zero attached hydrogens (tertiary/aromatic N) is 4. The maximum Gasteiger partial charge on any atom is 0.180 e. The minimum Gasteiger partial charge on any atom is -0.367 e. The van der Waals surface area contributed by atoms with Crippen LogP contribution in [0.1, 0.15) is 29.7 Å². The summed E-state index contributed by atoms with van der Waals surface area (Å²) in [7, 11) is 0. The van der Waals surface area contributed by atoms with Crippen LogP contribution in [0.15, 0.2) is 12.4 Å². The maximum atomic E-state index is 5.76. The third-order valence-electron chi connectivity index (χ3n) is 3.55. The van der Waals surface area contributed by atoms with E-state index in [4.69, 9.17) is 4.74 Å². The lowest BCUT2D eigenvalue weighted by Gasteiger charge is -2.31. The van der Waals surface area contributed by atoms with Gasteiger partial charge in [-0.1, -0.05) is 0 Å². The van der Waals surface area contributed by atoms with Crippen molar-refractivity contribution in [2.24, 2.45) is 0 Å². The fourth-order valence-corrected chi connectivity index (χ4v) is 2.49. The number of hydrogen-bond donors (Lipinski definition) is 2. The molecule has 0 saturated carbocycles. The van der Waals surface area contributed by atoms with Gasteiger partial charge in [0.15, 0.2) is 5.82 Å². The van der Waals surface area contributed by atoms with Crippen molar-refractivity contribution < 1.29 is 4.74 Å². The highest BCUT2D eigenvalue weighted by Crippen LogP contribution is 2.19. The molecule has 1 unspecified atom stereocenters. The molecule has 108 valence electrons. The molecule has 7 nitrogen and oxygen atoms in total. The Bertz CT molecular complexity index is 523. The van der Waals surface area contributed by atoms with E-state index >= 15 is 0 Å². The van der Waals surface area contributed by atoms with Gasteiger partial charge < -0.3 is 4.74 Å². The molecule has 1 saturated heterocycles. The van der Waals surface area contributed by atoms with Gasteiger partial charge in [0, 0.05) is 19.3 Å². The van der Waals surface area contributed by atoms with Gasteiger partial charge >= 0.3 is 0 Å². The Morgan fingerprint density at radius 2 is 2.45 bits per heavy atom. The standard InChI is InChI=1S/C13H20N6O/c1-10-16-13(18-17-10)12-9-19(5-6-20-12)4-2-3-11-7-14-15-8-11/h7-8,12H,2-6,9H2,1H3,(H,14,15)(H,16,17,18). The molecule has 0 spiro atoms. The Kier molecular flexibility index (Phi) is 4.08. The normalized spacial score (nSPS) is 20.4. The summed E-state index contributed by atoms with van der Waals surface area (Å²) in [5.41, 5.74) is 1.26. The Morgan fingerprint density at radius 3 is 3.20 bits per heavy atom. The Hall–Kier alpha value is -1.73. The van der Waals surface area contributed by atoms with E-state index in [2.05, 4.69) is 30.3 Å². The molecule has 3 heterocycles. The minimum atomic E-state index is -0.0115. The monoisotopic (exact) mass is 276 g/mol. The number of aromatic amines is 2. The van der Waals surface area contributed by atoms with E-state index in [1.54, 1.807) is 0 Å². The zero-order valence-electron chi connectivity index (χ0n) is 11.7. The zero-order valence-corrected chi connectivity index (χ0v) is 11.7. The Morgan fingerprint density at radius 1 is 1.50 bits per heavy atom. The summed E-state index contributed by atoms with van der Waals surface area (Å²) in [5.74, 6) is 1.60. The first-order valence-electron chi connectivity index (χ1n) is 7.02. The predicted molar refractivity (Wildman–Crippen MR) is 73.2 cm³/mol. The van der Waals surface area contributed by atoms with E-state index in [1.165, 1.54) is 5.56 Å². The first-order chi connectivity index (χ1) is 9.81. The van der Waals surface area contributed by atoms with Gasteiger partial charge in [-0.2, -0.15) is 10.2 Å². The summed E-state index contributed by atoms with van der Waals surface area (Å²) in [6.07, 6.45) is 6.01. The molecule has 0 bridgehead atoms. The third kappa shape index (κ3) is 3.23. The lowest BCUT2D eigenvalue weighted by Crippen LogP contribution is -2.39. The SMILES string of the molecule is Cc1nc(C2CN(CCCc3cn[nH]c3)CCO2)n[nH]1. The third-order valence-corrected chi connectivity index (χ3v) is 3.55.